The minimum absolute atomic E-state index is 0.259. The first-order valence-corrected chi connectivity index (χ1v) is 7.69. The maximum Gasteiger partial charge on any atom is 0.0652 e. The topological polar surface area (TPSA) is 33.3 Å². The minimum atomic E-state index is 0.259. The molecular formula is C17H26N2O. The number of anilines is 1. The third kappa shape index (κ3) is 2.45. The summed E-state index contributed by atoms with van der Waals surface area (Å²) in [4.78, 5) is 0. The summed E-state index contributed by atoms with van der Waals surface area (Å²) in [6.07, 6.45) is 2.72. The molecule has 1 heterocycles. The van der Waals surface area contributed by atoms with E-state index in [1.54, 1.807) is 0 Å². The monoisotopic (exact) mass is 274 g/mol. The molecule has 1 saturated carbocycles. The van der Waals surface area contributed by atoms with Gasteiger partial charge in [0.1, 0.15) is 0 Å². The highest BCUT2D eigenvalue weighted by molar-refractivity contribution is 5.53. The zero-order chi connectivity index (χ0) is 14.2. The number of para-hydroxylation sites is 1. The van der Waals surface area contributed by atoms with Gasteiger partial charge >= 0.3 is 0 Å². The lowest BCUT2D eigenvalue weighted by molar-refractivity contribution is -0.0979. The minimum Gasteiger partial charge on any atom is -0.384 e. The Morgan fingerprint density at radius 2 is 2.15 bits per heavy atom. The second kappa shape index (κ2) is 5.38. The van der Waals surface area contributed by atoms with E-state index in [2.05, 4.69) is 48.7 Å². The van der Waals surface area contributed by atoms with Gasteiger partial charge in [-0.1, -0.05) is 32.0 Å². The van der Waals surface area contributed by atoms with Crippen LogP contribution in [0.5, 0.6) is 0 Å². The van der Waals surface area contributed by atoms with E-state index < -0.39 is 0 Å². The summed E-state index contributed by atoms with van der Waals surface area (Å²) in [5.41, 5.74) is 3.02. The van der Waals surface area contributed by atoms with Gasteiger partial charge in [-0.15, -0.1) is 0 Å². The van der Waals surface area contributed by atoms with Crippen LogP contribution in [-0.4, -0.2) is 32.3 Å². The average Bonchev–Trinajstić information content (AvgIpc) is 2.46. The molecule has 0 bridgehead atoms. The van der Waals surface area contributed by atoms with Gasteiger partial charge in [0.25, 0.3) is 0 Å². The van der Waals surface area contributed by atoms with E-state index in [9.17, 15) is 0 Å². The van der Waals surface area contributed by atoms with Crippen LogP contribution in [0.2, 0.25) is 0 Å². The number of benzene rings is 1. The molecule has 3 rings (SSSR count). The molecule has 0 amide bonds. The molecule has 1 aromatic rings. The van der Waals surface area contributed by atoms with E-state index in [0.29, 0.717) is 18.1 Å². The predicted octanol–water partition coefficient (Wildman–Crippen LogP) is 2.67. The van der Waals surface area contributed by atoms with Gasteiger partial charge < -0.3 is 15.4 Å². The van der Waals surface area contributed by atoms with Gasteiger partial charge in [-0.05, 0) is 30.4 Å². The van der Waals surface area contributed by atoms with Crippen molar-refractivity contribution in [2.45, 2.75) is 38.8 Å². The molecule has 110 valence electrons. The molecular weight excluding hydrogens is 248 g/mol. The quantitative estimate of drug-likeness (QED) is 0.885. The van der Waals surface area contributed by atoms with Gasteiger partial charge in [0.05, 0.1) is 6.10 Å². The van der Waals surface area contributed by atoms with Crippen LogP contribution < -0.4 is 10.6 Å². The first kappa shape index (κ1) is 13.9. The second-order valence-corrected chi connectivity index (χ2v) is 6.85. The van der Waals surface area contributed by atoms with Gasteiger partial charge in [0.15, 0.2) is 0 Å². The summed E-state index contributed by atoms with van der Waals surface area (Å²) in [6, 6.07) is 9.24. The van der Waals surface area contributed by atoms with Gasteiger partial charge in [-0.2, -0.15) is 0 Å². The maximum absolute atomic E-state index is 5.52. The van der Waals surface area contributed by atoms with Crippen molar-refractivity contribution in [3.05, 3.63) is 29.8 Å². The SMILES string of the molecule is COC1CC(NCC2CNc3ccccc3C2)C1(C)C. The molecule has 3 nitrogen and oxygen atoms in total. The average molecular weight is 274 g/mol. The highest BCUT2D eigenvalue weighted by atomic mass is 16.5. The molecule has 3 heteroatoms. The van der Waals surface area contributed by atoms with Crippen LogP contribution in [0.1, 0.15) is 25.8 Å². The molecule has 0 spiro atoms. The van der Waals surface area contributed by atoms with E-state index in [-0.39, 0.29) is 5.41 Å². The van der Waals surface area contributed by atoms with Crippen LogP contribution in [0.25, 0.3) is 0 Å². The molecule has 2 N–H and O–H groups in total. The van der Waals surface area contributed by atoms with Crippen molar-refractivity contribution in [3.63, 3.8) is 0 Å². The molecule has 20 heavy (non-hydrogen) atoms. The normalized spacial score (nSPS) is 31.1. The molecule has 1 fully saturated rings. The van der Waals surface area contributed by atoms with Gasteiger partial charge in [0, 0.05) is 37.3 Å². The highest BCUT2D eigenvalue weighted by Crippen LogP contribution is 2.42. The molecule has 2 aliphatic rings. The summed E-state index contributed by atoms with van der Waals surface area (Å²) >= 11 is 0. The van der Waals surface area contributed by atoms with Crippen molar-refractivity contribution in [1.82, 2.24) is 5.32 Å². The lowest BCUT2D eigenvalue weighted by atomic mass is 9.64. The summed E-state index contributed by atoms with van der Waals surface area (Å²) in [7, 11) is 1.82. The molecule has 3 atom stereocenters. The number of rotatable bonds is 4. The molecule has 0 saturated heterocycles. The zero-order valence-corrected chi connectivity index (χ0v) is 12.8. The second-order valence-electron chi connectivity index (χ2n) is 6.85. The van der Waals surface area contributed by atoms with Crippen molar-refractivity contribution >= 4 is 5.69 Å². The van der Waals surface area contributed by atoms with Crippen molar-refractivity contribution < 1.29 is 4.74 Å². The molecule has 1 aliphatic carbocycles. The fourth-order valence-corrected chi connectivity index (χ4v) is 3.59. The van der Waals surface area contributed by atoms with Crippen LogP contribution in [-0.2, 0) is 11.2 Å². The van der Waals surface area contributed by atoms with E-state index >= 15 is 0 Å². The Bertz CT molecular complexity index is 472. The summed E-state index contributed by atoms with van der Waals surface area (Å²) in [6.45, 7) is 6.77. The standard InChI is InChI=1S/C17H26N2O/c1-17(2)15(9-16(17)20-3)19-11-12-8-13-6-4-5-7-14(13)18-10-12/h4-7,12,15-16,18-19H,8-11H2,1-3H3. The maximum atomic E-state index is 5.52. The third-order valence-electron chi connectivity index (χ3n) is 5.22. The fourth-order valence-electron chi connectivity index (χ4n) is 3.59. The van der Waals surface area contributed by atoms with Gasteiger partial charge in [-0.3, -0.25) is 0 Å². The van der Waals surface area contributed by atoms with Crippen molar-refractivity contribution in [3.8, 4) is 0 Å². The number of ether oxygens (including phenoxy) is 1. The van der Waals surface area contributed by atoms with Crippen LogP contribution in [0, 0.1) is 11.3 Å². The Morgan fingerprint density at radius 3 is 2.90 bits per heavy atom. The number of fused-ring (bicyclic) bond motifs is 1. The summed E-state index contributed by atoms with van der Waals surface area (Å²) in [5.74, 6) is 0.683. The van der Waals surface area contributed by atoms with Crippen LogP contribution in [0.4, 0.5) is 5.69 Å². The van der Waals surface area contributed by atoms with Crippen molar-refractivity contribution in [2.75, 3.05) is 25.5 Å². The molecule has 1 aliphatic heterocycles. The highest BCUT2D eigenvalue weighted by Gasteiger charge is 2.48. The Balaban J connectivity index is 1.52. The Kier molecular flexibility index (Phi) is 3.74. The lowest BCUT2D eigenvalue weighted by Gasteiger charge is -2.52. The summed E-state index contributed by atoms with van der Waals surface area (Å²) in [5, 5.41) is 7.30. The third-order valence-corrected chi connectivity index (χ3v) is 5.22. The Hall–Kier alpha value is -1.06. The van der Waals surface area contributed by atoms with Gasteiger partial charge in [0.2, 0.25) is 0 Å². The van der Waals surface area contributed by atoms with Gasteiger partial charge in [-0.25, -0.2) is 0 Å². The first-order valence-electron chi connectivity index (χ1n) is 7.69. The van der Waals surface area contributed by atoms with E-state index in [4.69, 9.17) is 4.74 Å². The molecule has 3 unspecified atom stereocenters. The van der Waals surface area contributed by atoms with E-state index in [1.165, 1.54) is 17.7 Å². The van der Waals surface area contributed by atoms with E-state index in [0.717, 1.165) is 19.5 Å². The number of nitrogens with one attached hydrogen (secondary N) is 2. The fraction of sp³-hybridized carbons (Fsp3) is 0.647. The van der Waals surface area contributed by atoms with Crippen LogP contribution >= 0.6 is 0 Å². The predicted molar refractivity (Wildman–Crippen MR) is 83.1 cm³/mol. The Labute approximate surface area is 122 Å². The molecule has 0 radical (unpaired) electrons. The lowest BCUT2D eigenvalue weighted by Crippen LogP contribution is -2.61. The molecule has 0 aromatic heterocycles. The largest absolute Gasteiger partial charge is 0.384 e. The zero-order valence-electron chi connectivity index (χ0n) is 12.8. The van der Waals surface area contributed by atoms with Crippen molar-refractivity contribution in [2.24, 2.45) is 11.3 Å². The van der Waals surface area contributed by atoms with Crippen molar-refractivity contribution in [1.29, 1.82) is 0 Å². The van der Waals surface area contributed by atoms with Crippen LogP contribution in [0.3, 0.4) is 0 Å². The van der Waals surface area contributed by atoms with E-state index in [1.807, 2.05) is 7.11 Å². The number of hydrogen-bond acceptors (Lipinski definition) is 3. The van der Waals surface area contributed by atoms with Crippen LogP contribution in [0.15, 0.2) is 24.3 Å². The number of hydrogen-bond donors (Lipinski definition) is 2. The smallest absolute Gasteiger partial charge is 0.0652 e. The summed E-state index contributed by atoms with van der Waals surface area (Å²) < 4.78 is 5.52. The number of methoxy groups -OCH3 is 1. The first-order chi connectivity index (χ1) is 9.61. The Morgan fingerprint density at radius 1 is 1.35 bits per heavy atom. The molecule has 1 aromatic carbocycles.